The molecule has 1 aliphatic rings. The van der Waals surface area contributed by atoms with E-state index in [1.807, 2.05) is 0 Å². The van der Waals surface area contributed by atoms with Gasteiger partial charge in [0.2, 0.25) is 0 Å². The Bertz CT molecular complexity index is 604. The van der Waals surface area contributed by atoms with E-state index in [4.69, 9.17) is 10.5 Å². The van der Waals surface area contributed by atoms with Crippen LogP contribution < -0.4 is 5.73 Å². The molecule has 2 amide bonds. The first kappa shape index (κ1) is 18.1. The van der Waals surface area contributed by atoms with Crippen molar-refractivity contribution in [2.45, 2.75) is 25.4 Å². The molecule has 24 heavy (non-hydrogen) atoms. The molecule has 132 valence electrons. The van der Waals surface area contributed by atoms with Crippen LogP contribution in [-0.4, -0.2) is 36.6 Å². The van der Waals surface area contributed by atoms with E-state index >= 15 is 0 Å². The Labute approximate surface area is 137 Å². The topological polar surface area (TPSA) is 72.6 Å². The fourth-order valence-electron chi connectivity index (χ4n) is 2.76. The number of esters is 1. The number of hydrogen-bond donors (Lipinski definition) is 1. The fourth-order valence-corrected chi connectivity index (χ4v) is 2.76. The van der Waals surface area contributed by atoms with Crippen molar-refractivity contribution in [3.63, 3.8) is 0 Å². The van der Waals surface area contributed by atoms with Gasteiger partial charge in [-0.25, -0.2) is 4.79 Å². The third kappa shape index (κ3) is 4.62. The number of primary amides is 1. The minimum atomic E-state index is -4.44. The smallest absolute Gasteiger partial charge is 0.416 e. The first-order valence-electron chi connectivity index (χ1n) is 7.65. The Balaban J connectivity index is 1.88. The van der Waals surface area contributed by atoms with Crippen molar-refractivity contribution >= 4 is 12.0 Å². The highest BCUT2D eigenvalue weighted by molar-refractivity contribution is 5.76. The van der Waals surface area contributed by atoms with Crippen LogP contribution in [0.3, 0.4) is 0 Å². The number of carbonyl (C=O) groups excluding carboxylic acids is 2. The van der Waals surface area contributed by atoms with E-state index in [2.05, 4.69) is 0 Å². The first-order chi connectivity index (χ1) is 11.3. The summed E-state index contributed by atoms with van der Waals surface area (Å²) in [6.07, 6.45) is -3.25. The number of rotatable bonds is 4. The largest absolute Gasteiger partial charge is 0.465 e. The van der Waals surface area contributed by atoms with E-state index in [-0.39, 0.29) is 25.1 Å². The lowest BCUT2D eigenvalue weighted by Crippen LogP contribution is -2.45. The molecule has 1 fully saturated rings. The maximum atomic E-state index is 12.9. The molecule has 0 aliphatic carbocycles. The fraction of sp³-hybridized carbons (Fsp3) is 0.500. The monoisotopic (exact) mass is 344 g/mol. The Kier molecular flexibility index (Phi) is 5.69. The minimum Gasteiger partial charge on any atom is -0.465 e. The summed E-state index contributed by atoms with van der Waals surface area (Å²) in [6, 6.07) is 4.61. The van der Waals surface area contributed by atoms with Gasteiger partial charge in [0.05, 0.1) is 18.1 Å². The van der Waals surface area contributed by atoms with Gasteiger partial charge < -0.3 is 15.4 Å². The highest BCUT2D eigenvalue weighted by atomic mass is 19.4. The minimum absolute atomic E-state index is 0.0202. The van der Waals surface area contributed by atoms with Crippen LogP contribution in [0.25, 0.3) is 0 Å². The molecule has 5 nitrogen and oxygen atoms in total. The summed E-state index contributed by atoms with van der Waals surface area (Å²) in [5.41, 5.74) is 4.55. The van der Waals surface area contributed by atoms with Crippen LogP contribution in [0, 0.1) is 5.92 Å². The van der Waals surface area contributed by atoms with Crippen molar-refractivity contribution in [1.82, 2.24) is 4.90 Å². The average molecular weight is 344 g/mol. The number of amides is 2. The van der Waals surface area contributed by atoms with E-state index in [1.165, 1.54) is 23.1 Å². The SMILES string of the molecule is NC(=O)N1CCCC(C(=O)OCCc2ccccc2C(F)(F)F)C1. The zero-order chi connectivity index (χ0) is 17.7. The Morgan fingerprint density at radius 2 is 2.00 bits per heavy atom. The zero-order valence-corrected chi connectivity index (χ0v) is 13.0. The van der Waals surface area contributed by atoms with E-state index in [1.54, 1.807) is 0 Å². The van der Waals surface area contributed by atoms with Gasteiger partial charge in [0, 0.05) is 19.5 Å². The molecule has 1 saturated heterocycles. The zero-order valence-electron chi connectivity index (χ0n) is 13.0. The summed E-state index contributed by atoms with van der Waals surface area (Å²) in [5.74, 6) is -0.991. The number of halogens is 3. The van der Waals surface area contributed by atoms with Crippen molar-refractivity contribution in [2.75, 3.05) is 19.7 Å². The number of ether oxygens (including phenoxy) is 1. The molecular formula is C16H19F3N2O3. The molecule has 1 aromatic carbocycles. The van der Waals surface area contributed by atoms with Crippen LogP contribution in [0.2, 0.25) is 0 Å². The summed E-state index contributed by atoms with van der Waals surface area (Å²) in [6.45, 7) is 0.546. The van der Waals surface area contributed by atoms with Gasteiger partial charge >= 0.3 is 18.2 Å². The number of alkyl halides is 3. The van der Waals surface area contributed by atoms with Gasteiger partial charge in [0.1, 0.15) is 0 Å². The number of nitrogens with two attached hydrogens (primary N) is 1. The number of urea groups is 1. The van der Waals surface area contributed by atoms with E-state index in [0.29, 0.717) is 19.4 Å². The van der Waals surface area contributed by atoms with Crippen molar-refractivity contribution in [3.8, 4) is 0 Å². The molecule has 0 radical (unpaired) electrons. The quantitative estimate of drug-likeness (QED) is 0.853. The number of carbonyl (C=O) groups is 2. The first-order valence-corrected chi connectivity index (χ1v) is 7.65. The van der Waals surface area contributed by atoms with E-state index in [9.17, 15) is 22.8 Å². The maximum Gasteiger partial charge on any atom is 0.416 e. The predicted octanol–water partition coefficient (Wildman–Crippen LogP) is 2.58. The number of hydrogen-bond acceptors (Lipinski definition) is 3. The standard InChI is InChI=1S/C16H19F3N2O3/c17-16(18,19)13-6-2-1-4-11(13)7-9-24-14(22)12-5-3-8-21(10-12)15(20)23/h1-2,4,6,12H,3,5,7-10H2,(H2,20,23). The molecule has 1 aromatic rings. The highest BCUT2D eigenvalue weighted by Crippen LogP contribution is 2.32. The summed E-state index contributed by atoms with van der Waals surface area (Å²) in [5, 5.41) is 0. The Hall–Kier alpha value is -2.25. The summed E-state index contributed by atoms with van der Waals surface area (Å²) in [4.78, 5) is 24.5. The summed E-state index contributed by atoms with van der Waals surface area (Å²) >= 11 is 0. The van der Waals surface area contributed by atoms with E-state index in [0.717, 1.165) is 6.07 Å². The van der Waals surface area contributed by atoms with Crippen molar-refractivity contribution < 1.29 is 27.5 Å². The molecule has 2 N–H and O–H groups in total. The third-order valence-electron chi connectivity index (χ3n) is 4.00. The van der Waals surface area contributed by atoms with Crippen LogP contribution in [0.5, 0.6) is 0 Å². The molecule has 0 bridgehead atoms. The molecular weight excluding hydrogens is 325 g/mol. The molecule has 1 atom stereocenters. The van der Waals surface area contributed by atoms with Gasteiger partial charge in [-0.15, -0.1) is 0 Å². The molecule has 0 saturated carbocycles. The lowest BCUT2D eigenvalue weighted by atomic mass is 9.98. The van der Waals surface area contributed by atoms with Crippen molar-refractivity contribution in [1.29, 1.82) is 0 Å². The van der Waals surface area contributed by atoms with Gasteiger partial charge in [-0.2, -0.15) is 13.2 Å². The molecule has 0 spiro atoms. The van der Waals surface area contributed by atoms with Crippen LogP contribution >= 0.6 is 0 Å². The number of nitrogens with zero attached hydrogens (tertiary/aromatic N) is 1. The van der Waals surface area contributed by atoms with Gasteiger partial charge in [0.25, 0.3) is 0 Å². The second-order valence-corrected chi connectivity index (χ2v) is 5.70. The van der Waals surface area contributed by atoms with Gasteiger partial charge in [-0.3, -0.25) is 4.79 Å². The molecule has 8 heteroatoms. The van der Waals surface area contributed by atoms with Crippen molar-refractivity contribution in [3.05, 3.63) is 35.4 Å². The van der Waals surface area contributed by atoms with Crippen LogP contribution in [0.1, 0.15) is 24.0 Å². The van der Waals surface area contributed by atoms with Crippen LogP contribution in [0.15, 0.2) is 24.3 Å². The summed E-state index contributed by atoms with van der Waals surface area (Å²) in [7, 11) is 0. The molecule has 0 aromatic heterocycles. The van der Waals surface area contributed by atoms with Crippen LogP contribution in [-0.2, 0) is 22.1 Å². The lowest BCUT2D eigenvalue weighted by molar-refractivity contribution is -0.149. The second-order valence-electron chi connectivity index (χ2n) is 5.70. The van der Waals surface area contributed by atoms with Crippen molar-refractivity contribution in [2.24, 2.45) is 11.7 Å². The Morgan fingerprint density at radius 1 is 1.29 bits per heavy atom. The lowest BCUT2D eigenvalue weighted by Gasteiger charge is -2.30. The number of piperidine rings is 1. The normalized spacial score (nSPS) is 18.3. The third-order valence-corrected chi connectivity index (χ3v) is 4.00. The average Bonchev–Trinajstić information content (AvgIpc) is 2.54. The van der Waals surface area contributed by atoms with Gasteiger partial charge in [-0.1, -0.05) is 18.2 Å². The highest BCUT2D eigenvalue weighted by Gasteiger charge is 2.33. The van der Waals surface area contributed by atoms with Crippen LogP contribution in [0.4, 0.5) is 18.0 Å². The van der Waals surface area contributed by atoms with Gasteiger partial charge in [-0.05, 0) is 24.5 Å². The predicted molar refractivity (Wildman–Crippen MR) is 80.0 cm³/mol. The molecule has 1 heterocycles. The maximum absolute atomic E-state index is 12.9. The summed E-state index contributed by atoms with van der Waals surface area (Å²) < 4.78 is 43.8. The second kappa shape index (κ2) is 7.55. The molecule has 2 rings (SSSR count). The molecule has 1 aliphatic heterocycles. The molecule has 1 unspecified atom stereocenters. The van der Waals surface area contributed by atoms with Gasteiger partial charge in [0.15, 0.2) is 0 Å². The Morgan fingerprint density at radius 3 is 2.67 bits per heavy atom. The number of benzene rings is 1. The van der Waals surface area contributed by atoms with E-state index < -0.39 is 29.7 Å². The number of likely N-dealkylation sites (tertiary alicyclic amines) is 1.